The summed E-state index contributed by atoms with van der Waals surface area (Å²) in [6.07, 6.45) is 0. The molecule has 0 saturated heterocycles. The highest BCUT2D eigenvalue weighted by molar-refractivity contribution is 5.81. The summed E-state index contributed by atoms with van der Waals surface area (Å²) in [6, 6.07) is 9.37. The van der Waals surface area contributed by atoms with Gasteiger partial charge in [0.05, 0.1) is 6.04 Å². The molecule has 0 aliphatic carbocycles. The first-order valence-corrected chi connectivity index (χ1v) is 5.18. The number of carbonyl (C=O) groups excluding carboxylic acids is 1. The lowest BCUT2D eigenvalue weighted by atomic mass is 10.0. The Balaban J connectivity index is 2.41. The highest BCUT2D eigenvalue weighted by Gasteiger charge is 2.16. The van der Waals surface area contributed by atoms with Gasteiger partial charge in [-0.05, 0) is 11.5 Å². The first kappa shape index (κ1) is 11.7. The van der Waals surface area contributed by atoms with Crippen LogP contribution in [-0.2, 0) is 11.3 Å². The van der Waals surface area contributed by atoms with Crippen LogP contribution in [0.15, 0.2) is 30.3 Å². The smallest absolute Gasteiger partial charge is 0.237 e. The van der Waals surface area contributed by atoms with E-state index in [1.54, 1.807) is 0 Å². The molecular weight excluding hydrogens is 188 g/mol. The molecule has 3 N–H and O–H groups in total. The van der Waals surface area contributed by atoms with E-state index in [9.17, 15) is 4.79 Å². The van der Waals surface area contributed by atoms with Gasteiger partial charge in [-0.2, -0.15) is 0 Å². The Hall–Kier alpha value is -1.35. The first-order valence-electron chi connectivity index (χ1n) is 5.18. The Kier molecular flexibility index (Phi) is 4.31. The third-order valence-corrected chi connectivity index (χ3v) is 2.33. The van der Waals surface area contributed by atoms with Crippen LogP contribution < -0.4 is 11.1 Å². The molecule has 0 aliphatic rings. The maximum absolute atomic E-state index is 11.5. The molecule has 0 heterocycles. The molecule has 1 amide bonds. The molecule has 1 aromatic carbocycles. The van der Waals surface area contributed by atoms with E-state index in [2.05, 4.69) is 5.32 Å². The van der Waals surface area contributed by atoms with Crippen molar-refractivity contribution in [2.24, 2.45) is 11.7 Å². The lowest BCUT2D eigenvalue weighted by Gasteiger charge is -2.15. The average molecular weight is 206 g/mol. The van der Waals surface area contributed by atoms with Crippen LogP contribution >= 0.6 is 0 Å². The van der Waals surface area contributed by atoms with E-state index < -0.39 is 6.04 Å². The van der Waals surface area contributed by atoms with Gasteiger partial charge in [0.1, 0.15) is 0 Å². The number of nitrogens with one attached hydrogen (secondary N) is 1. The van der Waals surface area contributed by atoms with Crippen molar-refractivity contribution in [2.45, 2.75) is 26.4 Å². The van der Waals surface area contributed by atoms with Crippen LogP contribution in [-0.4, -0.2) is 11.9 Å². The van der Waals surface area contributed by atoms with Gasteiger partial charge in [-0.1, -0.05) is 44.2 Å². The molecule has 15 heavy (non-hydrogen) atoms. The van der Waals surface area contributed by atoms with Crippen molar-refractivity contribution in [3.05, 3.63) is 35.9 Å². The van der Waals surface area contributed by atoms with E-state index >= 15 is 0 Å². The zero-order chi connectivity index (χ0) is 11.3. The number of hydrogen-bond acceptors (Lipinski definition) is 2. The summed E-state index contributed by atoms with van der Waals surface area (Å²) in [5.41, 5.74) is 6.80. The standard InChI is InChI=1S/C12H18N2O/c1-9(2)11(13)12(15)14-8-10-6-4-3-5-7-10/h3-7,9,11H,8,13H2,1-2H3,(H,14,15)/t11-/m1/s1. The Morgan fingerprint density at radius 2 is 1.93 bits per heavy atom. The fraction of sp³-hybridized carbons (Fsp3) is 0.417. The summed E-state index contributed by atoms with van der Waals surface area (Å²) in [5, 5.41) is 2.82. The normalized spacial score (nSPS) is 12.5. The van der Waals surface area contributed by atoms with E-state index in [4.69, 9.17) is 5.73 Å². The van der Waals surface area contributed by atoms with Crippen molar-refractivity contribution < 1.29 is 4.79 Å². The largest absolute Gasteiger partial charge is 0.351 e. The fourth-order valence-corrected chi connectivity index (χ4v) is 1.21. The number of nitrogens with two attached hydrogens (primary N) is 1. The fourth-order valence-electron chi connectivity index (χ4n) is 1.21. The zero-order valence-electron chi connectivity index (χ0n) is 9.23. The molecule has 0 radical (unpaired) electrons. The minimum absolute atomic E-state index is 0.0890. The van der Waals surface area contributed by atoms with Crippen LogP contribution in [0.2, 0.25) is 0 Å². The van der Waals surface area contributed by atoms with Gasteiger partial charge in [0, 0.05) is 6.54 Å². The molecule has 1 rings (SSSR count). The number of carbonyl (C=O) groups is 1. The van der Waals surface area contributed by atoms with Crippen molar-refractivity contribution >= 4 is 5.91 Å². The summed E-state index contributed by atoms with van der Waals surface area (Å²) >= 11 is 0. The van der Waals surface area contributed by atoms with Crippen molar-refractivity contribution in [3.8, 4) is 0 Å². The highest BCUT2D eigenvalue weighted by atomic mass is 16.2. The Morgan fingerprint density at radius 3 is 2.47 bits per heavy atom. The molecule has 0 aliphatic heterocycles. The topological polar surface area (TPSA) is 55.1 Å². The van der Waals surface area contributed by atoms with E-state index in [1.807, 2.05) is 44.2 Å². The maximum Gasteiger partial charge on any atom is 0.237 e. The predicted molar refractivity (Wildman–Crippen MR) is 61.1 cm³/mol. The summed E-state index contributed by atoms with van der Waals surface area (Å²) in [4.78, 5) is 11.5. The molecule has 1 atom stereocenters. The molecule has 0 saturated carbocycles. The van der Waals surface area contributed by atoms with Gasteiger partial charge in [0.25, 0.3) is 0 Å². The van der Waals surface area contributed by atoms with Crippen molar-refractivity contribution in [1.29, 1.82) is 0 Å². The second kappa shape index (κ2) is 5.51. The van der Waals surface area contributed by atoms with E-state index in [-0.39, 0.29) is 11.8 Å². The van der Waals surface area contributed by atoms with E-state index in [1.165, 1.54) is 0 Å². The summed E-state index contributed by atoms with van der Waals surface area (Å²) in [5.74, 6) is 0.0784. The number of amides is 1. The first-order chi connectivity index (χ1) is 7.11. The molecule has 3 heteroatoms. The summed E-state index contributed by atoms with van der Waals surface area (Å²) < 4.78 is 0. The van der Waals surface area contributed by atoms with E-state index in [0.29, 0.717) is 6.54 Å². The van der Waals surface area contributed by atoms with Crippen LogP contribution in [0.4, 0.5) is 0 Å². The van der Waals surface area contributed by atoms with Gasteiger partial charge in [-0.15, -0.1) is 0 Å². The molecule has 0 aromatic heterocycles. The molecule has 3 nitrogen and oxygen atoms in total. The number of rotatable bonds is 4. The van der Waals surface area contributed by atoms with Crippen molar-refractivity contribution in [2.75, 3.05) is 0 Å². The van der Waals surface area contributed by atoms with Crippen molar-refractivity contribution in [3.63, 3.8) is 0 Å². The van der Waals surface area contributed by atoms with Crippen LogP contribution in [0.3, 0.4) is 0 Å². The minimum Gasteiger partial charge on any atom is -0.351 e. The average Bonchev–Trinajstić information content (AvgIpc) is 2.26. The lowest BCUT2D eigenvalue weighted by Crippen LogP contribution is -2.43. The second-order valence-corrected chi connectivity index (χ2v) is 3.97. The third kappa shape index (κ3) is 3.72. The molecule has 0 unspecified atom stereocenters. The highest BCUT2D eigenvalue weighted by Crippen LogP contribution is 2.00. The Morgan fingerprint density at radius 1 is 1.33 bits per heavy atom. The monoisotopic (exact) mass is 206 g/mol. The van der Waals surface area contributed by atoms with Gasteiger partial charge >= 0.3 is 0 Å². The number of benzene rings is 1. The third-order valence-electron chi connectivity index (χ3n) is 2.33. The molecular formula is C12H18N2O. The van der Waals surface area contributed by atoms with E-state index in [0.717, 1.165) is 5.56 Å². The molecule has 0 spiro atoms. The van der Waals surface area contributed by atoms with Crippen molar-refractivity contribution in [1.82, 2.24) is 5.32 Å². The maximum atomic E-state index is 11.5. The van der Waals surface area contributed by atoms with Crippen LogP contribution in [0.1, 0.15) is 19.4 Å². The SMILES string of the molecule is CC(C)[C@@H](N)C(=O)NCc1ccccc1. The van der Waals surface area contributed by atoms with Gasteiger partial charge in [0.2, 0.25) is 5.91 Å². The summed E-state index contributed by atoms with van der Waals surface area (Å²) in [7, 11) is 0. The Labute approximate surface area is 90.7 Å². The molecule has 1 aromatic rings. The van der Waals surface area contributed by atoms with Gasteiger partial charge in [-0.3, -0.25) is 4.79 Å². The number of hydrogen-bond donors (Lipinski definition) is 2. The summed E-state index contributed by atoms with van der Waals surface area (Å²) in [6.45, 7) is 4.42. The zero-order valence-corrected chi connectivity index (χ0v) is 9.23. The molecule has 0 fully saturated rings. The van der Waals surface area contributed by atoms with Gasteiger partial charge in [-0.25, -0.2) is 0 Å². The van der Waals surface area contributed by atoms with Gasteiger partial charge < -0.3 is 11.1 Å². The molecule has 82 valence electrons. The second-order valence-electron chi connectivity index (χ2n) is 3.97. The molecule has 0 bridgehead atoms. The lowest BCUT2D eigenvalue weighted by molar-refractivity contribution is -0.123. The quantitative estimate of drug-likeness (QED) is 0.780. The van der Waals surface area contributed by atoms with Crippen LogP contribution in [0.25, 0.3) is 0 Å². The minimum atomic E-state index is -0.422. The van der Waals surface area contributed by atoms with Crippen LogP contribution in [0.5, 0.6) is 0 Å². The predicted octanol–water partition coefficient (Wildman–Crippen LogP) is 1.29. The van der Waals surface area contributed by atoms with Gasteiger partial charge in [0.15, 0.2) is 0 Å². The Bertz CT molecular complexity index is 309. The van der Waals surface area contributed by atoms with Crippen LogP contribution in [0, 0.1) is 5.92 Å².